The molecule has 3 aromatic rings. The predicted octanol–water partition coefficient (Wildman–Crippen LogP) is 4.45. The third kappa shape index (κ3) is 4.71. The molecule has 0 saturated carbocycles. The quantitative estimate of drug-likeness (QED) is 0.449. The van der Waals surface area contributed by atoms with Crippen LogP contribution in [0.5, 0.6) is 0 Å². The Morgan fingerprint density at radius 1 is 1.12 bits per heavy atom. The van der Waals surface area contributed by atoms with Crippen molar-refractivity contribution in [2.75, 3.05) is 0 Å². The molecule has 2 aliphatic heterocycles. The van der Waals surface area contributed by atoms with Crippen molar-refractivity contribution < 1.29 is 18.0 Å². The molecule has 3 aromatic heterocycles. The Labute approximate surface area is 219 Å². The van der Waals surface area contributed by atoms with Crippen molar-refractivity contribution in [2.45, 2.75) is 57.0 Å². The van der Waals surface area contributed by atoms with Gasteiger partial charge in [-0.15, -0.1) is 0 Å². The molecule has 3 atom stereocenters. The molecule has 0 unspecified atom stereocenters. The highest BCUT2D eigenvalue weighted by Gasteiger charge is 2.47. The molecule has 34 heavy (non-hydrogen) atoms. The number of fused-ring (bicyclic) bond motifs is 3. The fraction of sp³-hybridized carbons (Fsp3) is 0.450. The highest BCUT2D eigenvalue weighted by Crippen LogP contribution is 2.45. The summed E-state index contributed by atoms with van der Waals surface area (Å²) in [6.45, 7) is 1.45. The zero-order chi connectivity index (χ0) is 21.9. The maximum atomic E-state index is 14.7. The first-order chi connectivity index (χ1) is 14.8. The van der Waals surface area contributed by atoms with Crippen LogP contribution in [0.2, 0.25) is 5.15 Å². The van der Waals surface area contributed by atoms with Crippen LogP contribution in [-0.2, 0) is 0 Å². The Bertz CT molecular complexity index is 1200. The van der Waals surface area contributed by atoms with Crippen LogP contribution in [-0.4, -0.2) is 47.5 Å². The average Bonchev–Trinajstić information content (AvgIpc) is 3.32. The monoisotopic (exact) mass is 552 g/mol. The first kappa shape index (κ1) is 28.5. The van der Waals surface area contributed by atoms with E-state index in [1.807, 2.05) is 0 Å². The highest BCUT2D eigenvalue weighted by atomic mass is 35.5. The van der Waals surface area contributed by atoms with Crippen LogP contribution in [0.1, 0.15) is 65.5 Å². The van der Waals surface area contributed by atoms with Crippen molar-refractivity contribution in [2.24, 2.45) is 0 Å². The number of aromatic nitrogens is 5. The zero-order valence-electron chi connectivity index (χ0n) is 18.0. The number of carbonyl (C=O) groups is 1. The molecule has 0 aromatic carbocycles. The summed E-state index contributed by atoms with van der Waals surface area (Å²) < 4.78 is 43.0. The van der Waals surface area contributed by atoms with Gasteiger partial charge in [0.1, 0.15) is 17.2 Å². The second-order valence-electron chi connectivity index (χ2n) is 7.97. The van der Waals surface area contributed by atoms with Gasteiger partial charge >= 0.3 is 0 Å². The van der Waals surface area contributed by atoms with Gasteiger partial charge in [-0.2, -0.15) is 50.6 Å². The van der Waals surface area contributed by atoms with Gasteiger partial charge in [-0.3, -0.25) is 4.79 Å². The Morgan fingerprint density at radius 2 is 1.82 bits per heavy atom. The van der Waals surface area contributed by atoms with Gasteiger partial charge in [0.15, 0.2) is 5.82 Å². The number of hydrogen-bond donors (Lipinski definition) is 0. The van der Waals surface area contributed by atoms with Crippen LogP contribution in [0.15, 0.2) is 18.5 Å². The molecule has 14 heteroatoms. The number of alkyl halides is 2. The van der Waals surface area contributed by atoms with Crippen molar-refractivity contribution in [3.05, 3.63) is 52.1 Å². The van der Waals surface area contributed by atoms with E-state index < -0.39 is 18.1 Å². The summed E-state index contributed by atoms with van der Waals surface area (Å²) in [5.41, 5.74) is 0.0854. The second-order valence-corrected chi connectivity index (χ2v) is 8.35. The number of rotatable bonds is 3. The summed E-state index contributed by atoms with van der Waals surface area (Å²) in [7, 11) is 0. The van der Waals surface area contributed by atoms with E-state index in [4.69, 9.17) is 11.6 Å². The predicted molar refractivity (Wildman–Crippen MR) is 136 cm³/mol. The Hall–Kier alpha value is -1.70. The third-order valence-electron chi connectivity index (χ3n) is 6.28. The summed E-state index contributed by atoms with van der Waals surface area (Å²) in [5, 5.41) is 4.20. The molecule has 7 nitrogen and oxygen atoms in total. The molecule has 5 heterocycles. The minimum absolute atomic E-state index is 0. The summed E-state index contributed by atoms with van der Waals surface area (Å²) in [6.07, 6.45) is 1.33. The van der Waals surface area contributed by atoms with Crippen LogP contribution in [0.4, 0.5) is 13.2 Å². The highest BCUT2D eigenvalue weighted by molar-refractivity contribution is 7.59. The fourth-order valence-corrected chi connectivity index (χ4v) is 5.20. The van der Waals surface area contributed by atoms with E-state index in [-0.39, 0.29) is 86.4 Å². The SMILES string of the molecule is Cc1nc(Cl)cc(C(=O)N2[C@H]3CC[C@H](c4cc(C(F)F)nc5ncnn45)[C@@H]2CC3)c1F.S.S.S. The molecule has 1 amide bonds. The van der Waals surface area contributed by atoms with Crippen molar-refractivity contribution in [3.63, 3.8) is 0 Å². The normalized spacial score (nSPS) is 21.1. The van der Waals surface area contributed by atoms with Gasteiger partial charge in [-0.05, 0) is 44.7 Å². The molecular weight excluding hydrogens is 529 g/mol. The molecule has 186 valence electrons. The van der Waals surface area contributed by atoms with E-state index in [9.17, 15) is 18.0 Å². The topological polar surface area (TPSA) is 76.3 Å². The van der Waals surface area contributed by atoms with Crippen LogP contribution in [0.25, 0.3) is 5.78 Å². The van der Waals surface area contributed by atoms with Gasteiger partial charge in [-0.25, -0.2) is 27.7 Å². The van der Waals surface area contributed by atoms with E-state index in [1.54, 1.807) is 4.90 Å². The molecule has 2 bridgehead atoms. The van der Waals surface area contributed by atoms with Gasteiger partial charge in [0.25, 0.3) is 18.1 Å². The van der Waals surface area contributed by atoms with Crippen LogP contribution in [0.3, 0.4) is 0 Å². The number of amides is 1. The maximum absolute atomic E-state index is 14.7. The van der Waals surface area contributed by atoms with Crippen molar-refractivity contribution in [1.82, 2.24) is 29.5 Å². The lowest BCUT2D eigenvalue weighted by Crippen LogP contribution is -2.48. The maximum Gasteiger partial charge on any atom is 0.280 e. The molecule has 0 spiro atoms. The lowest BCUT2D eigenvalue weighted by atomic mass is 9.86. The van der Waals surface area contributed by atoms with Gasteiger partial charge in [0, 0.05) is 18.0 Å². The standard InChI is InChI=1S/C20H18ClF3N6O.3H2S/c1-9-17(22)12(6-16(21)27-9)19(31)29-10-2-4-11(14(29)5-3-10)15-7-13(18(23)24)28-20-25-8-26-30(15)20;;;/h6-8,10-11,14,18H,2-5H2,1H3;3*1H2/t10-,11-,14-;;;/m0.../s1. The smallest absolute Gasteiger partial charge is 0.280 e. The minimum atomic E-state index is -2.76. The van der Waals surface area contributed by atoms with Crippen LogP contribution >= 0.6 is 52.1 Å². The van der Waals surface area contributed by atoms with Crippen LogP contribution < -0.4 is 0 Å². The number of hydrogen-bond acceptors (Lipinski definition) is 5. The van der Waals surface area contributed by atoms with E-state index in [1.165, 1.54) is 29.9 Å². The third-order valence-corrected chi connectivity index (χ3v) is 6.47. The fourth-order valence-electron chi connectivity index (χ4n) is 4.96. The van der Waals surface area contributed by atoms with E-state index in [0.29, 0.717) is 25.0 Å². The average molecular weight is 553 g/mol. The minimum Gasteiger partial charge on any atom is -0.332 e. The molecule has 2 fully saturated rings. The summed E-state index contributed by atoms with van der Waals surface area (Å²) >= 11 is 5.97. The Balaban J connectivity index is 0.00000136. The largest absolute Gasteiger partial charge is 0.332 e. The molecular formula is C20H24ClF3N6OS3. The van der Waals surface area contributed by atoms with E-state index >= 15 is 0 Å². The van der Waals surface area contributed by atoms with Crippen molar-refractivity contribution in [1.29, 1.82) is 0 Å². The molecule has 5 rings (SSSR count). The lowest BCUT2D eigenvalue weighted by Gasteiger charge is -2.40. The van der Waals surface area contributed by atoms with Crippen molar-refractivity contribution >= 4 is 63.8 Å². The number of piperidine rings is 1. The number of aryl methyl sites for hydroxylation is 1. The zero-order valence-corrected chi connectivity index (χ0v) is 21.7. The number of carbonyl (C=O) groups excluding carboxylic acids is 1. The van der Waals surface area contributed by atoms with Crippen molar-refractivity contribution in [3.8, 4) is 0 Å². The van der Waals surface area contributed by atoms with Gasteiger partial charge < -0.3 is 4.90 Å². The number of nitrogens with zero attached hydrogens (tertiary/aromatic N) is 6. The molecule has 2 aliphatic rings. The van der Waals surface area contributed by atoms with E-state index in [2.05, 4.69) is 20.1 Å². The summed E-state index contributed by atoms with van der Waals surface area (Å²) in [4.78, 5) is 26.8. The lowest BCUT2D eigenvalue weighted by molar-refractivity contribution is 0.0548. The molecule has 0 aliphatic carbocycles. The van der Waals surface area contributed by atoms with Crippen LogP contribution in [0, 0.1) is 12.7 Å². The number of halogens is 4. The summed E-state index contributed by atoms with van der Waals surface area (Å²) in [5.74, 6) is -1.32. The summed E-state index contributed by atoms with van der Waals surface area (Å²) in [6, 6.07) is 2.26. The van der Waals surface area contributed by atoms with E-state index in [0.717, 1.165) is 6.42 Å². The number of pyridine rings is 1. The molecule has 0 N–H and O–H groups in total. The Morgan fingerprint density at radius 3 is 2.53 bits per heavy atom. The Kier molecular flexibility index (Phi) is 9.16. The van der Waals surface area contributed by atoms with Gasteiger partial charge in [0.2, 0.25) is 0 Å². The molecule has 2 saturated heterocycles. The van der Waals surface area contributed by atoms with Gasteiger partial charge in [-0.1, -0.05) is 11.6 Å². The first-order valence-electron chi connectivity index (χ1n) is 9.99. The van der Waals surface area contributed by atoms with Gasteiger partial charge in [0.05, 0.1) is 17.0 Å². The first-order valence-corrected chi connectivity index (χ1v) is 10.4. The molecule has 0 radical (unpaired) electrons. The second kappa shape index (κ2) is 10.9.